The van der Waals surface area contributed by atoms with Gasteiger partial charge in [-0.05, 0) is 38.8 Å². The van der Waals surface area contributed by atoms with Gasteiger partial charge >= 0.3 is 0 Å². The Bertz CT molecular complexity index is 427. The summed E-state index contributed by atoms with van der Waals surface area (Å²) in [6.07, 6.45) is 0. The van der Waals surface area contributed by atoms with Crippen molar-refractivity contribution in [3.63, 3.8) is 0 Å². The van der Waals surface area contributed by atoms with Gasteiger partial charge in [-0.15, -0.1) is 0 Å². The van der Waals surface area contributed by atoms with Crippen molar-refractivity contribution >= 4 is 11.6 Å². The predicted molar refractivity (Wildman–Crippen MR) is 76.8 cm³/mol. The maximum atomic E-state index is 12.0. The normalized spacial score (nSPS) is 11.4. The molecule has 0 aliphatic heterocycles. The molecule has 0 aliphatic rings. The van der Waals surface area contributed by atoms with Crippen molar-refractivity contribution in [2.24, 2.45) is 0 Å². The molecule has 0 unspecified atom stereocenters. The number of quaternary nitrogens is 1. The van der Waals surface area contributed by atoms with Crippen LogP contribution in [0.3, 0.4) is 0 Å². The highest BCUT2D eigenvalue weighted by Crippen LogP contribution is 2.21. The molecular weight excluding hydrogens is 224 g/mol. The van der Waals surface area contributed by atoms with Crippen LogP contribution >= 0.6 is 0 Å². The lowest BCUT2D eigenvalue weighted by Crippen LogP contribution is -2.45. The van der Waals surface area contributed by atoms with E-state index in [0.717, 1.165) is 23.4 Å². The summed E-state index contributed by atoms with van der Waals surface area (Å²) in [7, 11) is 4.13. The van der Waals surface area contributed by atoms with Crippen LogP contribution in [-0.4, -0.2) is 37.6 Å². The summed E-state index contributed by atoms with van der Waals surface area (Å²) in [6.45, 7) is 9.69. The molecule has 1 N–H and O–H groups in total. The lowest BCUT2D eigenvalue weighted by molar-refractivity contribution is -0.880. The highest BCUT2D eigenvalue weighted by Gasteiger charge is 2.18. The molecular formula is C15H25N2O+. The third-order valence-corrected chi connectivity index (χ3v) is 3.37. The molecule has 0 fully saturated rings. The number of carbonyl (C=O) groups excluding carboxylic acids is 1. The minimum Gasteiger partial charge on any atom is -0.321 e. The summed E-state index contributed by atoms with van der Waals surface area (Å²) in [6, 6.07) is 4.20. The highest BCUT2D eigenvalue weighted by molar-refractivity contribution is 5.93. The highest BCUT2D eigenvalue weighted by atomic mass is 16.2. The number of carbonyl (C=O) groups is 1. The standard InChI is InChI=1S/C15H24N2O/c1-7-17(5,6)10-14(18)16-15-12(3)8-11(2)9-13(15)4/h8-9H,7,10H2,1-6H3/p+1. The van der Waals surface area contributed by atoms with E-state index in [1.165, 1.54) is 5.56 Å². The monoisotopic (exact) mass is 249 g/mol. The van der Waals surface area contributed by atoms with Crippen molar-refractivity contribution < 1.29 is 9.28 Å². The SMILES string of the molecule is CC[N+](C)(C)CC(=O)Nc1c(C)cc(C)cc1C. The number of aryl methyl sites for hydroxylation is 3. The van der Waals surface area contributed by atoms with Gasteiger partial charge in [-0.25, -0.2) is 0 Å². The lowest BCUT2D eigenvalue weighted by Gasteiger charge is -2.27. The summed E-state index contributed by atoms with van der Waals surface area (Å²) in [5.74, 6) is 0.0805. The number of hydrogen-bond acceptors (Lipinski definition) is 1. The molecule has 3 heteroatoms. The van der Waals surface area contributed by atoms with Gasteiger partial charge in [-0.2, -0.15) is 0 Å². The van der Waals surface area contributed by atoms with E-state index < -0.39 is 0 Å². The molecule has 18 heavy (non-hydrogen) atoms. The molecule has 0 aromatic heterocycles. The molecule has 0 aliphatic carbocycles. The van der Waals surface area contributed by atoms with Crippen LogP contribution < -0.4 is 5.32 Å². The molecule has 0 bridgehead atoms. The minimum atomic E-state index is 0.0805. The summed E-state index contributed by atoms with van der Waals surface area (Å²) >= 11 is 0. The largest absolute Gasteiger partial charge is 0.321 e. The smallest absolute Gasteiger partial charge is 0.279 e. The quantitative estimate of drug-likeness (QED) is 0.817. The number of likely N-dealkylation sites (N-methyl/N-ethyl adjacent to an activating group) is 1. The van der Waals surface area contributed by atoms with Gasteiger partial charge in [0.15, 0.2) is 6.54 Å². The molecule has 0 heterocycles. The number of benzene rings is 1. The Balaban J connectivity index is 2.83. The van der Waals surface area contributed by atoms with E-state index >= 15 is 0 Å². The number of amides is 1. The molecule has 0 saturated carbocycles. The van der Waals surface area contributed by atoms with E-state index in [0.29, 0.717) is 11.0 Å². The van der Waals surface area contributed by atoms with Crippen LogP contribution in [0.25, 0.3) is 0 Å². The van der Waals surface area contributed by atoms with Crippen molar-refractivity contribution in [2.75, 3.05) is 32.5 Å². The molecule has 1 aromatic carbocycles. The number of nitrogens with zero attached hydrogens (tertiary/aromatic N) is 1. The number of hydrogen-bond donors (Lipinski definition) is 1. The first-order valence-electron chi connectivity index (χ1n) is 6.45. The Kier molecular flexibility index (Phi) is 4.52. The molecule has 0 saturated heterocycles. The molecule has 1 amide bonds. The van der Waals surface area contributed by atoms with Gasteiger partial charge in [0, 0.05) is 5.69 Å². The van der Waals surface area contributed by atoms with Gasteiger partial charge in [-0.3, -0.25) is 4.79 Å². The van der Waals surface area contributed by atoms with Crippen LogP contribution in [0.15, 0.2) is 12.1 Å². The average Bonchev–Trinajstić information content (AvgIpc) is 2.22. The number of rotatable bonds is 4. The fraction of sp³-hybridized carbons (Fsp3) is 0.533. The van der Waals surface area contributed by atoms with Crippen LogP contribution in [0.2, 0.25) is 0 Å². The van der Waals surface area contributed by atoms with Crippen LogP contribution in [0.4, 0.5) is 5.69 Å². The zero-order valence-corrected chi connectivity index (χ0v) is 12.4. The molecule has 0 spiro atoms. The first-order valence-corrected chi connectivity index (χ1v) is 6.45. The minimum absolute atomic E-state index is 0.0805. The van der Waals surface area contributed by atoms with Gasteiger partial charge in [0.05, 0.1) is 20.6 Å². The predicted octanol–water partition coefficient (Wildman–Crippen LogP) is 2.65. The van der Waals surface area contributed by atoms with Gasteiger partial charge in [0.1, 0.15) is 0 Å². The fourth-order valence-corrected chi connectivity index (χ4v) is 2.06. The lowest BCUT2D eigenvalue weighted by atomic mass is 10.1. The van der Waals surface area contributed by atoms with Crippen molar-refractivity contribution in [3.8, 4) is 0 Å². The molecule has 1 rings (SSSR count). The van der Waals surface area contributed by atoms with Gasteiger partial charge < -0.3 is 9.80 Å². The van der Waals surface area contributed by atoms with Gasteiger partial charge in [-0.1, -0.05) is 17.7 Å². The summed E-state index contributed by atoms with van der Waals surface area (Å²) in [5, 5.41) is 3.04. The van der Waals surface area contributed by atoms with E-state index in [2.05, 4.69) is 45.4 Å². The maximum absolute atomic E-state index is 12.0. The van der Waals surface area contributed by atoms with Crippen molar-refractivity contribution in [1.29, 1.82) is 0 Å². The second-order valence-corrected chi connectivity index (χ2v) is 5.73. The Hall–Kier alpha value is -1.35. The third kappa shape index (κ3) is 3.84. The van der Waals surface area contributed by atoms with Gasteiger partial charge in [0.2, 0.25) is 0 Å². The summed E-state index contributed by atoms with van der Waals surface area (Å²) in [4.78, 5) is 12.0. The summed E-state index contributed by atoms with van der Waals surface area (Å²) in [5.41, 5.74) is 4.44. The van der Waals surface area contributed by atoms with Crippen molar-refractivity contribution in [3.05, 3.63) is 28.8 Å². The van der Waals surface area contributed by atoms with Crippen LogP contribution in [0, 0.1) is 20.8 Å². The molecule has 1 aromatic rings. The first-order chi connectivity index (χ1) is 8.25. The fourth-order valence-electron chi connectivity index (χ4n) is 2.06. The topological polar surface area (TPSA) is 29.1 Å². The van der Waals surface area contributed by atoms with Crippen LogP contribution in [-0.2, 0) is 4.79 Å². The number of nitrogens with one attached hydrogen (secondary N) is 1. The maximum Gasteiger partial charge on any atom is 0.279 e. The van der Waals surface area contributed by atoms with E-state index in [9.17, 15) is 4.79 Å². The Morgan fingerprint density at radius 2 is 1.67 bits per heavy atom. The molecule has 0 radical (unpaired) electrons. The Labute approximate surface area is 110 Å². The van der Waals surface area contributed by atoms with Gasteiger partial charge in [0.25, 0.3) is 5.91 Å². The molecule has 3 nitrogen and oxygen atoms in total. The second-order valence-electron chi connectivity index (χ2n) is 5.73. The second kappa shape index (κ2) is 5.53. The van der Waals surface area contributed by atoms with E-state index in [1.807, 2.05) is 13.8 Å². The first kappa shape index (κ1) is 14.7. The molecule has 0 atom stereocenters. The van der Waals surface area contributed by atoms with Crippen LogP contribution in [0.5, 0.6) is 0 Å². The zero-order valence-electron chi connectivity index (χ0n) is 12.4. The van der Waals surface area contributed by atoms with E-state index in [1.54, 1.807) is 0 Å². The van der Waals surface area contributed by atoms with E-state index in [4.69, 9.17) is 0 Å². The van der Waals surface area contributed by atoms with Crippen molar-refractivity contribution in [2.45, 2.75) is 27.7 Å². The average molecular weight is 249 g/mol. The zero-order chi connectivity index (χ0) is 13.9. The summed E-state index contributed by atoms with van der Waals surface area (Å²) < 4.78 is 0.704. The van der Waals surface area contributed by atoms with E-state index in [-0.39, 0.29) is 5.91 Å². The molecule has 100 valence electrons. The van der Waals surface area contributed by atoms with Crippen molar-refractivity contribution in [1.82, 2.24) is 0 Å². The third-order valence-electron chi connectivity index (χ3n) is 3.37. The van der Waals surface area contributed by atoms with Crippen LogP contribution in [0.1, 0.15) is 23.6 Å². The Morgan fingerprint density at radius 1 is 1.17 bits per heavy atom. The number of anilines is 1. The Morgan fingerprint density at radius 3 is 2.11 bits per heavy atom.